The van der Waals surface area contributed by atoms with Gasteiger partial charge in [-0.2, -0.15) is 0 Å². The summed E-state index contributed by atoms with van der Waals surface area (Å²) in [7, 11) is 3.07. The summed E-state index contributed by atoms with van der Waals surface area (Å²) < 4.78 is 15.3. The molecule has 3 N–H and O–H groups in total. The Balaban J connectivity index is 1.85. The van der Waals surface area contributed by atoms with Crippen LogP contribution in [0.25, 0.3) is 0 Å². The van der Waals surface area contributed by atoms with Crippen molar-refractivity contribution in [2.24, 2.45) is 0 Å². The zero-order valence-corrected chi connectivity index (χ0v) is 15.1. The average molecular weight is 379 g/mol. The molecule has 0 saturated carbocycles. The number of anilines is 1. The predicted molar refractivity (Wildman–Crippen MR) is 97.5 cm³/mol. The van der Waals surface area contributed by atoms with Gasteiger partial charge in [-0.05, 0) is 35.9 Å². The minimum absolute atomic E-state index is 0.222. The number of nitrogens with two attached hydrogens (primary N) is 1. The quantitative estimate of drug-likeness (QED) is 0.567. The first-order valence-corrected chi connectivity index (χ1v) is 8.02. The number of nitrogen functional groups attached to an aromatic ring is 1. The number of methoxy groups -OCH3 is 2. The Morgan fingerprint density at radius 1 is 1.08 bits per heavy atom. The van der Waals surface area contributed by atoms with Crippen molar-refractivity contribution in [1.82, 2.24) is 5.32 Å². The third kappa shape index (κ3) is 5.03. The molecule has 0 fully saturated rings. The van der Waals surface area contributed by atoms with E-state index in [2.05, 4.69) is 5.32 Å². The van der Waals surface area contributed by atoms with Gasteiger partial charge in [0.1, 0.15) is 0 Å². The summed E-state index contributed by atoms with van der Waals surface area (Å²) in [5.41, 5.74) is 6.93. The highest BCUT2D eigenvalue weighted by Gasteiger charge is 2.12. The van der Waals surface area contributed by atoms with Crippen LogP contribution in [0.2, 0.25) is 5.02 Å². The van der Waals surface area contributed by atoms with Gasteiger partial charge in [0.05, 0.1) is 30.5 Å². The molecule has 0 aliphatic heterocycles. The Bertz CT molecular complexity index is 810. The molecule has 8 heteroatoms. The van der Waals surface area contributed by atoms with Crippen LogP contribution in [-0.2, 0) is 16.1 Å². The van der Waals surface area contributed by atoms with Crippen LogP contribution in [-0.4, -0.2) is 32.7 Å². The number of esters is 1. The van der Waals surface area contributed by atoms with Gasteiger partial charge in [0.15, 0.2) is 18.1 Å². The normalized spacial score (nSPS) is 10.1. The second-order valence-electron chi connectivity index (χ2n) is 5.28. The molecular formula is C18H19ClN2O5. The van der Waals surface area contributed by atoms with Crippen LogP contribution in [0, 0.1) is 0 Å². The van der Waals surface area contributed by atoms with E-state index < -0.39 is 18.5 Å². The Morgan fingerprint density at radius 3 is 2.46 bits per heavy atom. The first-order valence-electron chi connectivity index (χ1n) is 7.64. The Morgan fingerprint density at radius 2 is 1.81 bits per heavy atom. The summed E-state index contributed by atoms with van der Waals surface area (Å²) >= 11 is 5.79. The van der Waals surface area contributed by atoms with Gasteiger partial charge in [-0.15, -0.1) is 0 Å². The second-order valence-corrected chi connectivity index (χ2v) is 5.69. The lowest BCUT2D eigenvalue weighted by molar-refractivity contribution is -0.124. The van der Waals surface area contributed by atoms with E-state index in [0.29, 0.717) is 16.5 Å². The van der Waals surface area contributed by atoms with Crippen molar-refractivity contribution in [1.29, 1.82) is 0 Å². The van der Waals surface area contributed by atoms with E-state index in [1.54, 1.807) is 25.3 Å². The molecule has 0 saturated heterocycles. The van der Waals surface area contributed by atoms with E-state index in [0.717, 1.165) is 5.56 Å². The lowest BCUT2D eigenvalue weighted by atomic mass is 10.2. The predicted octanol–water partition coefficient (Wildman–Crippen LogP) is 2.41. The minimum atomic E-state index is -0.658. The number of carbonyl (C=O) groups is 2. The average Bonchev–Trinajstić information content (AvgIpc) is 2.66. The van der Waals surface area contributed by atoms with Crippen molar-refractivity contribution in [3.8, 4) is 11.5 Å². The van der Waals surface area contributed by atoms with Gasteiger partial charge < -0.3 is 25.3 Å². The van der Waals surface area contributed by atoms with Gasteiger partial charge in [-0.1, -0.05) is 17.7 Å². The molecule has 7 nitrogen and oxygen atoms in total. The Labute approximate surface area is 156 Å². The molecule has 0 aromatic heterocycles. The van der Waals surface area contributed by atoms with Crippen molar-refractivity contribution in [2.75, 3.05) is 26.6 Å². The zero-order valence-electron chi connectivity index (χ0n) is 14.4. The van der Waals surface area contributed by atoms with E-state index in [1.807, 2.05) is 0 Å². The molecule has 2 rings (SSSR count). The summed E-state index contributed by atoms with van der Waals surface area (Å²) in [6.45, 7) is -0.153. The molecule has 0 spiro atoms. The first-order chi connectivity index (χ1) is 12.4. The number of nitrogens with one attached hydrogen (secondary N) is 1. The zero-order chi connectivity index (χ0) is 19.1. The Hall–Kier alpha value is -2.93. The van der Waals surface area contributed by atoms with Crippen molar-refractivity contribution in [2.45, 2.75) is 6.54 Å². The maximum Gasteiger partial charge on any atom is 0.338 e. The highest BCUT2D eigenvalue weighted by atomic mass is 35.5. The smallest absolute Gasteiger partial charge is 0.338 e. The first kappa shape index (κ1) is 19.4. The van der Waals surface area contributed by atoms with Crippen LogP contribution in [0.3, 0.4) is 0 Å². The van der Waals surface area contributed by atoms with Crippen LogP contribution in [0.5, 0.6) is 11.5 Å². The maximum atomic E-state index is 11.9. The standard InChI is InChI=1S/C18H19ClN2O5/c1-24-15-6-3-11(7-16(15)25-2)9-21-17(22)10-26-18(23)12-4-5-13(19)14(20)8-12/h3-8H,9-10,20H2,1-2H3,(H,21,22). The molecule has 0 heterocycles. The number of ether oxygens (including phenoxy) is 3. The van der Waals surface area contributed by atoms with E-state index in [1.165, 1.54) is 25.3 Å². The minimum Gasteiger partial charge on any atom is -0.493 e. The van der Waals surface area contributed by atoms with Gasteiger partial charge >= 0.3 is 5.97 Å². The Kier molecular flexibility index (Phi) is 6.68. The highest BCUT2D eigenvalue weighted by Crippen LogP contribution is 2.27. The molecule has 138 valence electrons. The van der Waals surface area contributed by atoms with E-state index in [9.17, 15) is 9.59 Å². The fourth-order valence-corrected chi connectivity index (χ4v) is 2.24. The van der Waals surface area contributed by atoms with Gasteiger partial charge in [-0.25, -0.2) is 4.79 Å². The van der Waals surface area contributed by atoms with E-state index >= 15 is 0 Å². The summed E-state index contributed by atoms with van der Waals surface area (Å²) in [5.74, 6) is 0.0643. The molecule has 0 aliphatic carbocycles. The molecule has 0 bridgehead atoms. The second kappa shape index (κ2) is 8.96. The highest BCUT2D eigenvalue weighted by molar-refractivity contribution is 6.33. The van der Waals surface area contributed by atoms with Gasteiger partial charge in [0.2, 0.25) is 0 Å². The molecule has 0 atom stereocenters. The topological polar surface area (TPSA) is 99.9 Å². The third-order valence-corrected chi connectivity index (χ3v) is 3.85. The van der Waals surface area contributed by atoms with Crippen LogP contribution in [0.1, 0.15) is 15.9 Å². The molecule has 0 radical (unpaired) electrons. The van der Waals surface area contributed by atoms with Crippen LogP contribution in [0.4, 0.5) is 5.69 Å². The summed E-state index contributed by atoms with van der Waals surface area (Å²) in [5, 5.41) is 3.00. The summed E-state index contributed by atoms with van der Waals surface area (Å²) in [6, 6.07) is 9.65. The molecule has 2 aromatic carbocycles. The fraction of sp³-hybridized carbons (Fsp3) is 0.222. The van der Waals surface area contributed by atoms with E-state index in [4.69, 9.17) is 31.5 Å². The summed E-state index contributed by atoms with van der Waals surface area (Å²) in [4.78, 5) is 23.8. The number of carbonyl (C=O) groups excluding carboxylic acids is 2. The van der Waals surface area contributed by atoms with Gasteiger partial charge in [0, 0.05) is 6.54 Å². The number of hydrogen-bond acceptors (Lipinski definition) is 6. The van der Waals surface area contributed by atoms with Gasteiger partial charge in [-0.3, -0.25) is 4.79 Å². The molecule has 0 aliphatic rings. The largest absolute Gasteiger partial charge is 0.493 e. The number of rotatable bonds is 7. The third-order valence-electron chi connectivity index (χ3n) is 3.50. The SMILES string of the molecule is COc1ccc(CNC(=O)COC(=O)c2ccc(Cl)c(N)c2)cc1OC. The molecule has 1 amide bonds. The summed E-state index contributed by atoms with van der Waals surface area (Å²) in [6.07, 6.45) is 0. The van der Waals surface area contributed by atoms with Crippen molar-refractivity contribution in [3.05, 3.63) is 52.5 Å². The van der Waals surface area contributed by atoms with Gasteiger partial charge in [0.25, 0.3) is 5.91 Å². The van der Waals surface area contributed by atoms with Crippen LogP contribution >= 0.6 is 11.6 Å². The molecule has 2 aromatic rings. The van der Waals surface area contributed by atoms with Crippen LogP contribution < -0.4 is 20.5 Å². The molecule has 0 unspecified atom stereocenters. The molecule has 26 heavy (non-hydrogen) atoms. The number of hydrogen-bond donors (Lipinski definition) is 2. The number of benzene rings is 2. The van der Waals surface area contributed by atoms with Crippen LogP contribution in [0.15, 0.2) is 36.4 Å². The lowest BCUT2D eigenvalue weighted by Gasteiger charge is -2.10. The van der Waals surface area contributed by atoms with Crippen molar-refractivity contribution < 1.29 is 23.8 Å². The number of halogens is 1. The number of amides is 1. The molecular weight excluding hydrogens is 360 g/mol. The monoisotopic (exact) mass is 378 g/mol. The lowest BCUT2D eigenvalue weighted by Crippen LogP contribution is -2.28. The fourth-order valence-electron chi connectivity index (χ4n) is 2.13. The maximum absolute atomic E-state index is 11.9. The van der Waals surface area contributed by atoms with Crippen molar-refractivity contribution in [3.63, 3.8) is 0 Å². The van der Waals surface area contributed by atoms with E-state index in [-0.39, 0.29) is 17.8 Å². The van der Waals surface area contributed by atoms with Crippen molar-refractivity contribution >= 4 is 29.2 Å².